The lowest BCUT2D eigenvalue weighted by Gasteiger charge is -2.44. The molecule has 184 valence electrons. The molecule has 2 aromatic rings. The number of likely N-dealkylation sites (tertiary alicyclic amines) is 1. The fourth-order valence-corrected chi connectivity index (χ4v) is 6.11. The summed E-state index contributed by atoms with van der Waals surface area (Å²) in [4.78, 5) is 32.7. The van der Waals surface area contributed by atoms with Gasteiger partial charge >= 0.3 is 6.03 Å². The molecule has 0 bridgehead atoms. The van der Waals surface area contributed by atoms with Crippen LogP contribution in [0.5, 0.6) is 11.5 Å². The van der Waals surface area contributed by atoms with Crippen molar-refractivity contribution in [3.63, 3.8) is 0 Å². The Labute approximate surface area is 206 Å². The van der Waals surface area contributed by atoms with E-state index in [1.165, 1.54) is 0 Å². The maximum absolute atomic E-state index is 13.7. The third-order valence-electron chi connectivity index (χ3n) is 7.81. The molecule has 2 aromatic carbocycles. The zero-order chi connectivity index (χ0) is 24.7. The number of fused-ring (bicyclic) bond motifs is 3. The first-order valence-electron chi connectivity index (χ1n) is 12.3. The average Bonchev–Trinajstić information content (AvgIpc) is 2.99. The van der Waals surface area contributed by atoms with Crippen LogP contribution in [-0.4, -0.2) is 66.0 Å². The molecule has 0 N–H and O–H groups in total. The van der Waals surface area contributed by atoms with Gasteiger partial charge in [-0.3, -0.25) is 9.69 Å². The summed E-state index contributed by atoms with van der Waals surface area (Å²) < 4.78 is 11.2. The van der Waals surface area contributed by atoms with E-state index in [0.29, 0.717) is 31.7 Å². The molecule has 1 atom stereocenters. The number of likely N-dealkylation sites (N-methyl/N-ethyl adjacent to an activating group) is 1. The van der Waals surface area contributed by atoms with Crippen LogP contribution in [0.4, 0.5) is 4.79 Å². The Kier molecular flexibility index (Phi) is 5.95. The lowest BCUT2D eigenvalue weighted by atomic mass is 9.82. The van der Waals surface area contributed by atoms with Gasteiger partial charge in [0.25, 0.3) is 5.91 Å². The Morgan fingerprint density at radius 1 is 1.09 bits per heavy atom. The van der Waals surface area contributed by atoms with E-state index in [-0.39, 0.29) is 17.9 Å². The second kappa shape index (κ2) is 8.95. The molecule has 1 spiro atoms. The Morgan fingerprint density at radius 3 is 2.43 bits per heavy atom. The maximum atomic E-state index is 13.7. The smallest absolute Gasteiger partial charge is 0.325 e. The predicted octanol–water partition coefficient (Wildman–Crippen LogP) is 4.64. The standard InChI is InChI=1S/C28H33N3O4/c1-5-31-27(33)30-18-21-16-22(34-3)17-23(35-4)25(21)19(2)15-24(30)28(31)11-13-29(14-12-28)26(32)20-9-7-6-8-10-20/h6-10,15-17,19H,5,11-14,18H2,1-4H3/t19-/m0/s1. The maximum Gasteiger partial charge on any atom is 0.325 e. The van der Waals surface area contributed by atoms with Gasteiger partial charge in [-0.25, -0.2) is 4.79 Å². The molecular weight excluding hydrogens is 442 g/mol. The van der Waals surface area contributed by atoms with Gasteiger partial charge in [-0.15, -0.1) is 0 Å². The number of piperidine rings is 1. The van der Waals surface area contributed by atoms with Crippen LogP contribution in [0.15, 0.2) is 54.2 Å². The SMILES string of the molecule is CCN1C(=O)N2Cc3cc(OC)cc(OC)c3[C@@H](C)C=C2C12CCN(C(=O)c1ccccc1)CC2. The number of carbonyl (C=O) groups is 2. The Hall–Kier alpha value is -3.48. The molecule has 0 radical (unpaired) electrons. The van der Waals surface area contributed by atoms with Gasteiger partial charge < -0.3 is 19.3 Å². The van der Waals surface area contributed by atoms with Crippen LogP contribution in [0.25, 0.3) is 0 Å². The molecule has 0 unspecified atom stereocenters. The molecule has 3 aliphatic heterocycles. The lowest BCUT2D eigenvalue weighted by molar-refractivity contribution is 0.0575. The normalized spacial score (nSPS) is 20.8. The predicted molar refractivity (Wildman–Crippen MR) is 134 cm³/mol. The number of hydrogen-bond donors (Lipinski definition) is 0. The first-order chi connectivity index (χ1) is 16.9. The minimum absolute atomic E-state index is 0.0309. The highest BCUT2D eigenvalue weighted by Crippen LogP contribution is 2.49. The highest BCUT2D eigenvalue weighted by Gasteiger charge is 2.55. The fraction of sp³-hybridized carbons (Fsp3) is 0.429. The van der Waals surface area contributed by atoms with Crippen molar-refractivity contribution in [3.8, 4) is 11.5 Å². The number of benzene rings is 2. The van der Waals surface area contributed by atoms with Crippen molar-refractivity contribution in [1.29, 1.82) is 0 Å². The molecule has 3 amide bonds. The number of rotatable bonds is 4. The number of amides is 3. The fourth-order valence-electron chi connectivity index (χ4n) is 6.11. The lowest BCUT2D eigenvalue weighted by Crippen LogP contribution is -2.54. The summed E-state index contributed by atoms with van der Waals surface area (Å²) in [5, 5.41) is 0. The Balaban J connectivity index is 1.49. The van der Waals surface area contributed by atoms with Crippen LogP contribution in [0.2, 0.25) is 0 Å². The van der Waals surface area contributed by atoms with Crippen LogP contribution < -0.4 is 9.47 Å². The Bertz CT molecular complexity index is 1170. The first-order valence-corrected chi connectivity index (χ1v) is 12.3. The van der Waals surface area contributed by atoms with Crippen LogP contribution in [-0.2, 0) is 6.54 Å². The topological polar surface area (TPSA) is 62.3 Å². The molecule has 2 saturated heterocycles. The summed E-state index contributed by atoms with van der Waals surface area (Å²) in [6.07, 6.45) is 3.68. The van der Waals surface area contributed by atoms with Crippen molar-refractivity contribution < 1.29 is 19.1 Å². The number of ether oxygens (including phenoxy) is 2. The Morgan fingerprint density at radius 2 is 1.80 bits per heavy atom. The van der Waals surface area contributed by atoms with Gasteiger partial charge in [-0.1, -0.05) is 31.2 Å². The van der Waals surface area contributed by atoms with Gasteiger partial charge in [0, 0.05) is 48.4 Å². The number of urea groups is 1. The van der Waals surface area contributed by atoms with Crippen molar-refractivity contribution in [2.45, 2.75) is 44.7 Å². The third kappa shape index (κ3) is 3.65. The molecule has 5 rings (SSSR count). The number of methoxy groups -OCH3 is 2. The van der Waals surface area contributed by atoms with Crippen molar-refractivity contribution in [3.05, 3.63) is 70.9 Å². The molecule has 0 aromatic heterocycles. The van der Waals surface area contributed by atoms with E-state index < -0.39 is 5.54 Å². The summed E-state index contributed by atoms with van der Waals surface area (Å²) in [6, 6.07) is 13.4. The average molecular weight is 476 g/mol. The highest BCUT2D eigenvalue weighted by molar-refractivity contribution is 5.94. The molecule has 7 nitrogen and oxygen atoms in total. The third-order valence-corrected chi connectivity index (χ3v) is 7.81. The van der Waals surface area contributed by atoms with Crippen LogP contribution >= 0.6 is 0 Å². The monoisotopic (exact) mass is 475 g/mol. The minimum atomic E-state index is -0.410. The van der Waals surface area contributed by atoms with Crippen molar-refractivity contribution in [2.75, 3.05) is 33.9 Å². The van der Waals surface area contributed by atoms with Crippen LogP contribution in [0.3, 0.4) is 0 Å². The van der Waals surface area contributed by atoms with Crippen molar-refractivity contribution >= 4 is 11.9 Å². The summed E-state index contributed by atoms with van der Waals surface area (Å²) in [5.41, 5.74) is 3.49. The van der Waals surface area contributed by atoms with E-state index in [1.54, 1.807) is 14.2 Å². The summed E-state index contributed by atoms with van der Waals surface area (Å²) in [5.74, 6) is 1.62. The highest BCUT2D eigenvalue weighted by atomic mass is 16.5. The first kappa shape index (κ1) is 23.3. The van der Waals surface area contributed by atoms with Gasteiger partial charge in [-0.05, 0) is 43.5 Å². The number of allylic oxidation sites excluding steroid dienone is 1. The zero-order valence-corrected chi connectivity index (χ0v) is 20.9. The van der Waals surface area contributed by atoms with Gasteiger partial charge in [0.2, 0.25) is 0 Å². The van der Waals surface area contributed by atoms with E-state index in [4.69, 9.17) is 9.47 Å². The van der Waals surface area contributed by atoms with Crippen molar-refractivity contribution in [2.24, 2.45) is 0 Å². The van der Waals surface area contributed by atoms with E-state index in [1.807, 2.05) is 64.1 Å². The minimum Gasteiger partial charge on any atom is -0.497 e. The van der Waals surface area contributed by atoms with E-state index in [9.17, 15) is 9.59 Å². The number of nitrogens with zero attached hydrogens (tertiary/aromatic N) is 3. The zero-order valence-electron chi connectivity index (χ0n) is 20.9. The molecule has 3 heterocycles. The summed E-state index contributed by atoms with van der Waals surface area (Å²) in [7, 11) is 3.32. The molecule has 2 fully saturated rings. The van der Waals surface area contributed by atoms with E-state index in [2.05, 4.69) is 13.0 Å². The molecular formula is C28H33N3O4. The van der Waals surface area contributed by atoms with Crippen LogP contribution in [0, 0.1) is 0 Å². The van der Waals surface area contributed by atoms with E-state index >= 15 is 0 Å². The molecule has 7 heteroatoms. The molecule has 35 heavy (non-hydrogen) atoms. The van der Waals surface area contributed by atoms with Gasteiger partial charge in [0.05, 0.1) is 26.3 Å². The van der Waals surface area contributed by atoms with Gasteiger partial charge in [0.15, 0.2) is 0 Å². The second-order valence-electron chi connectivity index (χ2n) is 9.55. The largest absolute Gasteiger partial charge is 0.497 e. The van der Waals surface area contributed by atoms with Crippen molar-refractivity contribution in [1.82, 2.24) is 14.7 Å². The molecule has 0 saturated carbocycles. The quantitative estimate of drug-likeness (QED) is 0.647. The van der Waals surface area contributed by atoms with Crippen LogP contribution in [0.1, 0.15) is 54.1 Å². The molecule has 0 aliphatic carbocycles. The van der Waals surface area contributed by atoms with E-state index in [0.717, 1.165) is 41.2 Å². The number of carbonyl (C=O) groups excluding carboxylic acids is 2. The molecule has 3 aliphatic rings. The number of hydrogen-bond acceptors (Lipinski definition) is 4. The summed E-state index contributed by atoms with van der Waals surface area (Å²) in [6.45, 7) is 6.52. The second-order valence-corrected chi connectivity index (χ2v) is 9.55. The summed E-state index contributed by atoms with van der Waals surface area (Å²) >= 11 is 0. The van der Waals surface area contributed by atoms with Gasteiger partial charge in [-0.2, -0.15) is 0 Å². The van der Waals surface area contributed by atoms with Gasteiger partial charge in [0.1, 0.15) is 11.5 Å².